The predicted molar refractivity (Wildman–Crippen MR) is 99.1 cm³/mol. The molecule has 0 saturated carbocycles. The predicted octanol–water partition coefficient (Wildman–Crippen LogP) is 4.31. The first kappa shape index (κ1) is 15.8. The highest BCUT2D eigenvalue weighted by Gasteiger charge is 2.08. The van der Waals surface area contributed by atoms with Crippen molar-refractivity contribution >= 4 is 17.3 Å². The van der Waals surface area contributed by atoms with Crippen LogP contribution in [0.25, 0.3) is 0 Å². The maximum absolute atomic E-state index is 12.3. The van der Waals surface area contributed by atoms with E-state index in [0.717, 1.165) is 18.4 Å². The number of aryl methyl sites for hydroxylation is 2. The summed E-state index contributed by atoms with van der Waals surface area (Å²) in [5.74, 6) is -0.150. The quantitative estimate of drug-likeness (QED) is 0.689. The Balaban J connectivity index is 1.71. The van der Waals surface area contributed by atoms with Gasteiger partial charge in [-0.25, -0.2) is 0 Å². The molecule has 0 aliphatic carbocycles. The molecule has 24 heavy (non-hydrogen) atoms. The zero-order valence-corrected chi connectivity index (χ0v) is 13.4. The molecule has 0 unspecified atom stereocenters. The van der Waals surface area contributed by atoms with Crippen molar-refractivity contribution in [1.29, 1.82) is 0 Å². The van der Waals surface area contributed by atoms with E-state index in [1.54, 1.807) is 12.1 Å². The maximum Gasteiger partial charge on any atom is 0.255 e. The molecule has 0 bridgehead atoms. The monoisotopic (exact) mass is 316 g/mol. The number of benzene rings is 3. The summed E-state index contributed by atoms with van der Waals surface area (Å²) in [4.78, 5) is 12.3. The number of nitrogens with two attached hydrogens (primary N) is 1. The summed E-state index contributed by atoms with van der Waals surface area (Å²) in [7, 11) is 0. The number of amides is 1. The molecule has 3 aromatic rings. The normalized spacial score (nSPS) is 10.3. The molecule has 3 rings (SSSR count). The lowest BCUT2D eigenvalue weighted by atomic mass is 10.0. The highest BCUT2D eigenvalue weighted by molar-refractivity contribution is 6.05. The van der Waals surface area contributed by atoms with E-state index in [4.69, 9.17) is 5.73 Å². The van der Waals surface area contributed by atoms with Crippen LogP contribution < -0.4 is 11.1 Å². The van der Waals surface area contributed by atoms with E-state index in [1.807, 2.05) is 54.6 Å². The van der Waals surface area contributed by atoms with Gasteiger partial charge in [0.1, 0.15) is 0 Å². The van der Waals surface area contributed by atoms with Crippen LogP contribution in [0, 0.1) is 0 Å². The molecule has 0 atom stereocenters. The Morgan fingerprint density at radius 2 is 1.42 bits per heavy atom. The number of nitrogens with one attached hydrogen (secondary N) is 1. The Morgan fingerprint density at radius 3 is 2.12 bits per heavy atom. The number of hydrogen-bond acceptors (Lipinski definition) is 2. The highest BCUT2D eigenvalue weighted by atomic mass is 16.1. The van der Waals surface area contributed by atoms with Gasteiger partial charge in [-0.2, -0.15) is 0 Å². The van der Waals surface area contributed by atoms with Crippen LogP contribution in [0.3, 0.4) is 0 Å². The van der Waals surface area contributed by atoms with E-state index in [0.29, 0.717) is 16.9 Å². The first-order chi connectivity index (χ1) is 11.7. The highest BCUT2D eigenvalue weighted by Crippen LogP contribution is 2.22. The third-order valence-corrected chi connectivity index (χ3v) is 3.95. The van der Waals surface area contributed by atoms with Gasteiger partial charge < -0.3 is 11.1 Å². The molecule has 0 saturated heterocycles. The topological polar surface area (TPSA) is 55.1 Å². The average Bonchev–Trinajstić information content (AvgIpc) is 2.64. The first-order valence-corrected chi connectivity index (χ1v) is 8.01. The summed E-state index contributed by atoms with van der Waals surface area (Å²) in [5, 5.41) is 2.90. The van der Waals surface area contributed by atoms with Crippen molar-refractivity contribution in [3.63, 3.8) is 0 Å². The number of nitrogen functional groups attached to an aromatic ring is 1. The third-order valence-electron chi connectivity index (χ3n) is 3.95. The van der Waals surface area contributed by atoms with Crippen LogP contribution in [0.15, 0.2) is 78.9 Å². The molecule has 0 aromatic heterocycles. The largest absolute Gasteiger partial charge is 0.397 e. The Kier molecular flexibility index (Phi) is 4.92. The first-order valence-electron chi connectivity index (χ1n) is 8.01. The lowest BCUT2D eigenvalue weighted by Gasteiger charge is -2.11. The molecule has 120 valence electrons. The maximum atomic E-state index is 12.3. The summed E-state index contributed by atoms with van der Waals surface area (Å²) in [6.45, 7) is 0. The zero-order chi connectivity index (χ0) is 16.8. The number of rotatable bonds is 5. The molecule has 0 radical (unpaired) electrons. The second kappa shape index (κ2) is 7.47. The molecule has 3 aromatic carbocycles. The van der Waals surface area contributed by atoms with Crippen molar-refractivity contribution in [3.8, 4) is 0 Å². The SMILES string of the molecule is Nc1ccc(CCc2ccccc2)cc1NC(=O)c1ccccc1. The van der Waals surface area contributed by atoms with Crippen LogP contribution in [-0.2, 0) is 12.8 Å². The van der Waals surface area contributed by atoms with E-state index >= 15 is 0 Å². The van der Waals surface area contributed by atoms with E-state index in [1.165, 1.54) is 5.56 Å². The lowest BCUT2D eigenvalue weighted by molar-refractivity contribution is 0.102. The molecule has 0 aliphatic heterocycles. The fourth-order valence-corrected chi connectivity index (χ4v) is 2.58. The number of anilines is 2. The molecule has 3 N–H and O–H groups in total. The second-order valence-corrected chi connectivity index (χ2v) is 5.73. The average molecular weight is 316 g/mol. The Morgan fingerprint density at radius 1 is 0.792 bits per heavy atom. The molecule has 0 aliphatic rings. The minimum absolute atomic E-state index is 0.150. The van der Waals surface area contributed by atoms with Crippen molar-refractivity contribution in [3.05, 3.63) is 95.6 Å². The van der Waals surface area contributed by atoms with E-state index < -0.39 is 0 Å². The standard InChI is InChI=1S/C21H20N2O/c22-19-14-13-17(12-11-16-7-3-1-4-8-16)15-20(19)23-21(24)18-9-5-2-6-10-18/h1-10,13-15H,11-12,22H2,(H,23,24). The smallest absolute Gasteiger partial charge is 0.255 e. The van der Waals surface area contributed by atoms with Crippen molar-refractivity contribution in [2.45, 2.75) is 12.8 Å². The van der Waals surface area contributed by atoms with Gasteiger partial charge in [-0.1, -0.05) is 54.6 Å². The fraction of sp³-hybridized carbons (Fsp3) is 0.0952. The summed E-state index contributed by atoms with van der Waals surface area (Å²) in [6, 6.07) is 25.3. The van der Waals surface area contributed by atoms with Gasteiger partial charge in [0.15, 0.2) is 0 Å². The molecule has 0 fully saturated rings. The third kappa shape index (κ3) is 4.02. The van der Waals surface area contributed by atoms with Gasteiger partial charge in [0.25, 0.3) is 5.91 Å². The van der Waals surface area contributed by atoms with Gasteiger partial charge in [-0.15, -0.1) is 0 Å². The van der Waals surface area contributed by atoms with Crippen molar-refractivity contribution in [2.24, 2.45) is 0 Å². The van der Waals surface area contributed by atoms with Gasteiger partial charge in [0.05, 0.1) is 11.4 Å². The molecule has 0 heterocycles. The van der Waals surface area contributed by atoms with Crippen LogP contribution in [-0.4, -0.2) is 5.91 Å². The Labute approximate surface area is 142 Å². The van der Waals surface area contributed by atoms with Gasteiger partial charge >= 0.3 is 0 Å². The van der Waals surface area contributed by atoms with Crippen LogP contribution >= 0.6 is 0 Å². The van der Waals surface area contributed by atoms with Gasteiger partial charge in [-0.05, 0) is 48.2 Å². The van der Waals surface area contributed by atoms with E-state index in [9.17, 15) is 4.79 Å². The molecule has 0 spiro atoms. The number of hydrogen-bond donors (Lipinski definition) is 2. The van der Waals surface area contributed by atoms with E-state index in [-0.39, 0.29) is 5.91 Å². The van der Waals surface area contributed by atoms with Gasteiger partial charge in [-0.3, -0.25) is 4.79 Å². The number of carbonyl (C=O) groups is 1. The Bertz CT molecular complexity index is 814. The fourth-order valence-electron chi connectivity index (χ4n) is 2.58. The number of carbonyl (C=O) groups excluding carboxylic acids is 1. The molecule has 1 amide bonds. The van der Waals surface area contributed by atoms with Crippen molar-refractivity contribution in [2.75, 3.05) is 11.1 Å². The van der Waals surface area contributed by atoms with Crippen molar-refractivity contribution < 1.29 is 4.79 Å². The Hall–Kier alpha value is -3.07. The van der Waals surface area contributed by atoms with Crippen LogP contribution in [0.1, 0.15) is 21.5 Å². The van der Waals surface area contributed by atoms with Crippen LogP contribution in [0.4, 0.5) is 11.4 Å². The second-order valence-electron chi connectivity index (χ2n) is 5.73. The van der Waals surface area contributed by atoms with Crippen LogP contribution in [0.5, 0.6) is 0 Å². The van der Waals surface area contributed by atoms with Gasteiger partial charge in [0, 0.05) is 5.56 Å². The minimum Gasteiger partial charge on any atom is -0.397 e. The molecule has 3 nitrogen and oxygen atoms in total. The van der Waals surface area contributed by atoms with E-state index in [2.05, 4.69) is 17.4 Å². The minimum atomic E-state index is -0.150. The summed E-state index contributed by atoms with van der Waals surface area (Å²) in [5.41, 5.74) is 10.3. The van der Waals surface area contributed by atoms with Gasteiger partial charge in [0.2, 0.25) is 0 Å². The molecule has 3 heteroatoms. The zero-order valence-electron chi connectivity index (χ0n) is 13.4. The summed E-state index contributed by atoms with van der Waals surface area (Å²) >= 11 is 0. The van der Waals surface area contributed by atoms with Crippen LogP contribution in [0.2, 0.25) is 0 Å². The molecular weight excluding hydrogens is 296 g/mol. The summed E-state index contributed by atoms with van der Waals surface area (Å²) < 4.78 is 0. The lowest BCUT2D eigenvalue weighted by Crippen LogP contribution is -2.13. The van der Waals surface area contributed by atoms with Crippen molar-refractivity contribution in [1.82, 2.24) is 0 Å². The summed E-state index contributed by atoms with van der Waals surface area (Å²) in [6.07, 6.45) is 1.86. The molecular formula is C21H20N2O.